The van der Waals surface area contributed by atoms with Crippen LogP contribution in [0.2, 0.25) is 0 Å². The van der Waals surface area contributed by atoms with E-state index in [9.17, 15) is 13.2 Å². The van der Waals surface area contributed by atoms with Gasteiger partial charge in [0.05, 0.1) is 4.90 Å². The van der Waals surface area contributed by atoms with Gasteiger partial charge >= 0.3 is 0 Å². The molecule has 1 amide bonds. The topological polar surface area (TPSA) is 66.5 Å². The van der Waals surface area contributed by atoms with Crippen LogP contribution in [0.15, 0.2) is 41.3 Å². The fourth-order valence-electron chi connectivity index (χ4n) is 3.46. The number of nitrogens with one attached hydrogen (secondary N) is 1. The van der Waals surface area contributed by atoms with Gasteiger partial charge in [-0.15, -0.1) is 0 Å². The summed E-state index contributed by atoms with van der Waals surface area (Å²) in [6, 6.07) is 10.5. The third-order valence-corrected chi connectivity index (χ3v) is 7.58. The maximum absolute atomic E-state index is 13.0. The largest absolute Gasteiger partial charge is 0.322 e. The Hall–Kier alpha value is -2.18. The molecule has 0 saturated carbocycles. The Morgan fingerprint density at radius 3 is 2.39 bits per heavy atom. The highest BCUT2D eigenvalue weighted by Gasteiger charge is 2.29. The van der Waals surface area contributed by atoms with E-state index in [2.05, 4.69) is 12.2 Å². The maximum Gasteiger partial charge on any atom is 0.255 e. The second kappa shape index (κ2) is 8.05. The molecule has 1 N–H and O–H groups in total. The second-order valence-electron chi connectivity index (χ2n) is 7.76. The van der Waals surface area contributed by atoms with Crippen LogP contribution in [-0.4, -0.2) is 31.7 Å². The average Bonchev–Trinajstić information content (AvgIpc) is 2.66. The second-order valence-corrected chi connectivity index (χ2v) is 9.70. The van der Waals surface area contributed by atoms with E-state index >= 15 is 0 Å². The predicted molar refractivity (Wildman–Crippen MR) is 112 cm³/mol. The standard InChI is InChI=1S/C22H28N2O3S/c1-15-10-12-24(13-11-15)28(26,27)19-9-8-17(3)20(14-19)22(25)23-21-7-5-6-16(2)18(21)4/h5-9,14-15H,10-13H2,1-4H3,(H,23,25). The predicted octanol–water partition coefficient (Wildman–Crippen LogP) is 4.28. The third kappa shape index (κ3) is 4.13. The maximum atomic E-state index is 13.0. The van der Waals surface area contributed by atoms with Crippen LogP contribution in [0, 0.1) is 26.7 Å². The van der Waals surface area contributed by atoms with Crippen LogP contribution in [0.4, 0.5) is 5.69 Å². The van der Waals surface area contributed by atoms with Gasteiger partial charge in [-0.25, -0.2) is 8.42 Å². The molecule has 1 aliphatic rings. The Labute approximate surface area is 167 Å². The minimum Gasteiger partial charge on any atom is -0.322 e. The monoisotopic (exact) mass is 400 g/mol. The fourth-order valence-corrected chi connectivity index (χ4v) is 4.95. The fraction of sp³-hybridized carbons (Fsp3) is 0.409. The minimum atomic E-state index is -3.59. The molecule has 2 aromatic carbocycles. The zero-order valence-corrected chi connectivity index (χ0v) is 17.8. The zero-order valence-electron chi connectivity index (χ0n) is 17.0. The van der Waals surface area contributed by atoms with Gasteiger partial charge in [-0.1, -0.05) is 25.1 Å². The summed E-state index contributed by atoms with van der Waals surface area (Å²) in [6.45, 7) is 8.96. The van der Waals surface area contributed by atoms with Crippen molar-refractivity contribution in [3.8, 4) is 0 Å². The minimum absolute atomic E-state index is 0.179. The molecule has 5 nitrogen and oxygen atoms in total. The number of anilines is 1. The number of nitrogens with zero attached hydrogens (tertiary/aromatic N) is 1. The third-order valence-electron chi connectivity index (χ3n) is 5.69. The van der Waals surface area contributed by atoms with Crippen LogP contribution in [0.5, 0.6) is 0 Å². The lowest BCUT2D eigenvalue weighted by atomic mass is 10.0. The SMILES string of the molecule is Cc1ccc(S(=O)(=O)N2CCC(C)CC2)cc1C(=O)Nc1cccc(C)c1C. The van der Waals surface area contributed by atoms with Crippen molar-refractivity contribution in [1.29, 1.82) is 0 Å². The van der Waals surface area contributed by atoms with Crippen molar-refractivity contribution in [3.05, 3.63) is 58.7 Å². The van der Waals surface area contributed by atoms with Gasteiger partial charge in [0, 0.05) is 24.3 Å². The van der Waals surface area contributed by atoms with E-state index in [4.69, 9.17) is 0 Å². The normalized spacial score (nSPS) is 16.1. The Bertz CT molecular complexity index is 991. The summed E-state index contributed by atoms with van der Waals surface area (Å²) in [5.41, 5.74) is 3.95. The van der Waals surface area contributed by atoms with Crippen LogP contribution in [0.25, 0.3) is 0 Å². The molecule has 2 aromatic rings. The molecule has 3 rings (SSSR count). The van der Waals surface area contributed by atoms with Gasteiger partial charge in [0.15, 0.2) is 0 Å². The van der Waals surface area contributed by atoms with E-state index in [-0.39, 0.29) is 10.8 Å². The summed E-state index contributed by atoms with van der Waals surface area (Å²) in [5, 5.41) is 2.92. The number of carbonyl (C=O) groups excluding carboxylic acids is 1. The Kier molecular flexibility index (Phi) is 5.91. The molecule has 0 atom stereocenters. The van der Waals surface area contributed by atoms with Crippen LogP contribution in [0.3, 0.4) is 0 Å². The first-order chi connectivity index (χ1) is 13.2. The van der Waals surface area contributed by atoms with E-state index < -0.39 is 10.0 Å². The van der Waals surface area contributed by atoms with Gasteiger partial charge in [0.25, 0.3) is 5.91 Å². The number of piperidine rings is 1. The number of amides is 1. The van der Waals surface area contributed by atoms with Gasteiger partial charge in [-0.3, -0.25) is 4.79 Å². The Morgan fingerprint density at radius 2 is 1.71 bits per heavy atom. The molecular weight excluding hydrogens is 372 g/mol. The smallest absolute Gasteiger partial charge is 0.255 e. The quantitative estimate of drug-likeness (QED) is 0.833. The average molecular weight is 401 g/mol. The number of aryl methyl sites for hydroxylation is 2. The summed E-state index contributed by atoms with van der Waals surface area (Å²) in [4.78, 5) is 13.1. The summed E-state index contributed by atoms with van der Waals surface area (Å²) >= 11 is 0. The number of carbonyl (C=O) groups is 1. The molecule has 0 unspecified atom stereocenters. The molecule has 150 valence electrons. The van der Waals surface area contributed by atoms with Crippen molar-refractivity contribution >= 4 is 21.6 Å². The molecule has 28 heavy (non-hydrogen) atoms. The van der Waals surface area contributed by atoms with Crippen molar-refractivity contribution in [3.63, 3.8) is 0 Å². The molecule has 0 aliphatic carbocycles. The summed E-state index contributed by atoms with van der Waals surface area (Å²) in [6.07, 6.45) is 1.73. The van der Waals surface area contributed by atoms with Crippen LogP contribution < -0.4 is 5.32 Å². The highest BCUT2D eigenvalue weighted by molar-refractivity contribution is 7.89. The highest BCUT2D eigenvalue weighted by atomic mass is 32.2. The summed E-state index contributed by atoms with van der Waals surface area (Å²) < 4.78 is 27.6. The van der Waals surface area contributed by atoms with Crippen molar-refractivity contribution in [2.24, 2.45) is 5.92 Å². The lowest BCUT2D eigenvalue weighted by Gasteiger charge is -2.29. The first kappa shape index (κ1) is 20.6. The van der Waals surface area contributed by atoms with E-state index in [1.54, 1.807) is 12.1 Å². The molecule has 1 fully saturated rings. The van der Waals surface area contributed by atoms with Crippen LogP contribution >= 0.6 is 0 Å². The number of sulfonamides is 1. The highest BCUT2D eigenvalue weighted by Crippen LogP contribution is 2.26. The van der Waals surface area contributed by atoms with Crippen molar-refractivity contribution in [2.45, 2.75) is 45.4 Å². The molecule has 0 radical (unpaired) electrons. The molecule has 6 heteroatoms. The summed E-state index contributed by atoms with van der Waals surface area (Å²) in [5.74, 6) is 0.249. The molecule has 0 bridgehead atoms. The molecule has 0 aromatic heterocycles. The van der Waals surface area contributed by atoms with Gasteiger partial charge in [-0.2, -0.15) is 4.31 Å². The van der Waals surface area contributed by atoms with Gasteiger partial charge in [0.2, 0.25) is 10.0 Å². The van der Waals surface area contributed by atoms with E-state index in [0.29, 0.717) is 24.6 Å². The number of rotatable bonds is 4. The number of benzene rings is 2. The Morgan fingerprint density at radius 1 is 1.04 bits per heavy atom. The number of hydrogen-bond acceptors (Lipinski definition) is 3. The Balaban J connectivity index is 1.89. The number of hydrogen-bond donors (Lipinski definition) is 1. The molecule has 0 spiro atoms. The lowest BCUT2D eigenvalue weighted by molar-refractivity contribution is 0.102. The molecule has 1 aliphatic heterocycles. The zero-order chi connectivity index (χ0) is 20.5. The molecule has 1 heterocycles. The molecular formula is C22H28N2O3S. The first-order valence-corrected chi connectivity index (χ1v) is 11.1. The van der Waals surface area contributed by atoms with Crippen molar-refractivity contribution in [1.82, 2.24) is 4.31 Å². The first-order valence-electron chi connectivity index (χ1n) is 9.68. The summed E-state index contributed by atoms with van der Waals surface area (Å²) in [7, 11) is -3.59. The molecule has 1 saturated heterocycles. The van der Waals surface area contributed by atoms with Crippen molar-refractivity contribution in [2.75, 3.05) is 18.4 Å². The van der Waals surface area contributed by atoms with Crippen molar-refractivity contribution < 1.29 is 13.2 Å². The van der Waals surface area contributed by atoms with Gasteiger partial charge in [-0.05, 0) is 74.4 Å². The van der Waals surface area contributed by atoms with Crippen LogP contribution in [0.1, 0.15) is 46.8 Å². The van der Waals surface area contributed by atoms with E-state index in [0.717, 1.165) is 35.2 Å². The van der Waals surface area contributed by atoms with Gasteiger partial charge < -0.3 is 5.32 Å². The van der Waals surface area contributed by atoms with Gasteiger partial charge in [0.1, 0.15) is 0 Å². The van der Waals surface area contributed by atoms with E-state index in [1.807, 2.05) is 39.0 Å². The van der Waals surface area contributed by atoms with E-state index in [1.165, 1.54) is 10.4 Å². The van der Waals surface area contributed by atoms with Crippen LogP contribution in [-0.2, 0) is 10.0 Å². The lowest BCUT2D eigenvalue weighted by Crippen LogP contribution is -2.38.